The molecule has 2 aromatic rings. The summed E-state index contributed by atoms with van der Waals surface area (Å²) in [5.74, 6) is -0.322. The number of hydrogen-bond donors (Lipinski definition) is 0. The van der Waals surface area contributed by atoms with Gasteiger partial charge in [-0.05, 0) is 31.2 Å². The molecule has 9 heteroatoms. The molecule has 0 aliphatic carbocycles. The summed E-state index contributed by atoms with van der Waals surface area (Å²) in [5, 5.41) is 9.12. The van der Waals surface area contributed by atoms with Crippen LogP contribution in [0.2, 0.25) is 4.34 Å². The van der Waals surface area contributed by atoms with Crippen molar-refractivity contribution in [1.82, 2.24) is 9.21 Å². The summed E-state index contributed by atoms with van der Waals surface area (Å²) in [6.45, 7) is 2.33. The Morgan fingerprint density at radius 3 is 2.54 bits per heavy atom. The van der Waals surface area contributed by atoms with Crippen molar-refractivity contribution in [3.63, 3.8) is 0 Å². The molecule has 6 nitrogen and oxygen atoms in total. The molecule has 0 aliphatic rings. The number of likely N-dealkylation sites (N-methyl/N-ethyl adjacent to an activating group) is 2. The minimum Gasteiger partial charge on any atom is -0.337 e. The topological polar surface area (TPSA) is 81.5 Å². The van der Waals surface area contributed by atoms with E-state index < -0.39 is 10.0 Å². The van der Waals surface area contributed by atoms with Gasteiger partial charge in [0.15, 0.2) is 0 Å². The zero-order valence-corrected chi connectivity index (χ0v) is 16.7. The largest absolute Gasteiger partial charge is 0.337 e. The maximum Gasteiger partial charge on any atom is 0.244 e. The van der Waals surface area contributed by atoms with E-state index in [1.165, 1.54) is 30.5 Å². The van der Waals surface area contributed by atoms with Crippen molar-refractivity contribution in [2.24, 2.45) is 0 Å². The molecule has 2 rings (SSSR count). The van der Waals surface area contributed by atoms with Crippen molar-refractivity contribution < 1.29 is 13.2 Å². The predicted molar refractivity (Wildman–Crippen MR) is 101 cm³/mol. The van der Waals surface area contributed by atoms with Crippen LogP contribution < -0.4 is 0 Å². The van der Waals surface area contributed by atoms with E-state index in [9.17, 15) is 13.2 Å². The Kier molecular flexibility index (Phi) is 6.78. The number of nitrogens with zero attached hydrogens (tertiary/aromatic N) is 3. The highest BCUT2D eigenvalue weighted by Crippen LogP contribution is 2.23. The number of rotatable bonds is 7. The smallest absolute Gasteiger partial charge is 0.244 e. The Morgan fingerprint density at radius 2 is 1.96 bits per heavy atom. The number of benzene rings is 1. The Labute approximate surface area is 162 Å². The third-order valence-corrected chi connectivity index (χ3v) is 6.84. The first-order valence-corrected chi connectivity index (χ1v) is 10.4. The molecule has 1 heterocycles. The molecule has 0 spiro atoms. The average Bonchev–Trinajstić information content (AvgIpc) is 3.04. The Morgan fingerprint density at radius 1 is 1.27 bits per heavy atom. The zero-order valence-electron chi connectivity index (χ0n) is 14.3. The van der Waals surface area contributed by atoms with Crippen molar-refractivity contribution in [3.05, 3.63) is 51.2 Å². The van der Waals surface area contributed by atoms with Crippen LogP contribution >= 0.6 is 22.9 Å². The standard InChI is InChI=1S/C17H18ClN3O3S2/c1-3-21(11-14-8-9-16(18)25-14)17(22)12-20(2)26(23,24)15-7-5-4-6-13(15)10-19/h4-9H,3,11-12H2,1-2H3. The van der Waals surface area contributed by atoms with Gasteiger partial charge in [-0.15, -0.1) is 11.3 Å². The van der Waals surface area contributed by atoms with Crippen LogP contribution in [0.25, 0.3) is 0 Å². The average molecular weight is 412 g/mol. The van der Waals surface area contributed by atoms with Crippen LogP contribution in [-0.2, 0) is 21.4 Å². The van der Waals surface area contributed by atoms with Crippen LogP contribution in [0.4, 0.5) is 0 Å². The number of sulfonamides is 1. The lowest BCUT2D eigenvalue weighted by Gasteiger charge is -2.24. The minimum atomic E-state index is -3.94. The summed E-state index contributed by atoms with van der Waals surface area (Å²) in [4.78, 5) is 14.9. The summed E-state index contributed by atoms with van der Waals surface area (Å²) in [6.07, 6.45) is 0. The number of hydrogen-bond acceptors (Lipinski definition) is 5. The number of amides is 1. The van der Waals surface area contributed by atoms with Crippen LogP contribution in [0.15, 0.2) is 41.3 Å². The Bertz CT molecular complexity index is 935. The molecule has 0 aliphatic heterocycles. The van der Waals surface area contributed by atoms with E-state index in [2.05, 4.69) is 0 Å². The fourth-order valence-corrected chi connectivity index (χ4v) is 4.69. The van der Waals surface area contributed by atoms with E-state index in [0.717, 1.165) is 9.18 Å². The maximum atomic E-state index is 12.7. The van der Waals surface area contributed by atoms with Gasteiger partial charge in [0.2, 0.25) is 15.9 Å². The highest BCUT2D eigenvalue weighted by molar-refractivity contribution is 7.89. The maximum absolute atomic E-state index is 12.7. The molecule has 1 aromatic heterocycles. The second-order valence-electron chi connectivity index (χ2n) is 5.48. The molecule has 1 aromatic carbocycles. The second-order valence-corrected chi connectivity index (χ2v) is 9.30. The van der Waals surface area contributed by atoms with Gasteiger partial charge in [-0.25, -0.2) is 8.42 Å². The molecule has 0 unspecified atom stereocenters. The first-order chi connectivity index (χ1) is 12.3. The SMILES string of the molecule is CCN(Cc1ccc(Cl)s1)C(=O)CN(C)S(=O)(=O)c1ccccc1C#N. The normalized spacial score (nSPS) is 11.3. The summed E-state index contributed by atoms with van der Waals surface area (Å²) in [7, 11) is -2.61. The molecule has 1 amide bonds. The van der Waals surface area contributed by atoms with Crippen molar-refractivity contribution in [2.45, 2.75) is 18.4 Å². The van der Waals surface area contributed by atoms with Crippen molar-refractivity contribution in [2.75, 3.05) is 20.1 Å². The molecule has 0 saturated heterocycles. The number of thiophene rings is 1. The van der Waals surface area contributed by atoms with Gasteiger partial charge in [-0.3, -0.25) is 4.79 Å². The van der Waals surface area contributed by atoms with Gasteiger partial charge in [0.05, 0.1) is 27.9 Å². The molecule has 0 bridgehead atoms. The molecular weight excluding hydrogens is 394 g/mol. The van der Waals surface area contributed by atoms with Crippen LogP contribution in [-0.4, -0.2) is 43.7 Å². The van der Waals surface area contributed by atoms with E-state index in [4.69, 9.17) is 16.9 Å². The first-order valence-electron chi connectivity index (χ1n) is 7.77. The lowest BCUT2D eigenvalue weighted by Crippen LogP contribution is -2.40. The monoisotopic (exact) mass is 411 g/mol. The molecule has 0 radical (unpaired) electrons. The quantitative estimate of drug-likeness (QED) is 0.701. The lowest BCUT2D eigenvalue weighted by atomic mass is 10.2. The number of halogens is 1. The Balaban J connectivity index is 2.15. The highest BCUT2D eigenvalue weighted by Gasteiger charge is 2.27. The van der Waals surface area contributed by atoms with Crippen molar-refractivity contribution in [1.29, 1.82) is 5.26 Å². The molecule has 0 N–H and O–H groups in total. The van der Waals surface area contributed by atoms with Gasteiger partial charge in [-0.1, -0.05) is 23.7 Å². The fourth-order valence-electron chi connectivity index (χ4n) is 2.33. The van der Waals surface area contributed by atoms with Gasteiger partial charge in [-0.2, -0.15) is 9.57 Å². The fraction of sp³-hybridized carbons (Fsp3) is 0.294. The van der Waals surface area contributed by atoms with Crippen molar-refractivity contribution >= 4 is 38.9 Å². The summed E-state index contributed by atoms with van der Waals surface area (Å²) in [6, 6.07) is 11.4. The van der Waals surface area contributed by atoms with Gasteiger partial charge in [0, 0.05) is 18.5 Å². The minimum absolute atomic E-state index is 0.0485. The van der Waals surface area contributed by atoms with Gasteiger partial charge in [0.25, 0.3) is 0 Å². The molecule has 0 saturated carbocycles. The van der Waals surface area contributed by atoms with Crippen molar-refractivity contribution in [3.8, 4) is 6.07 Å². The molecule has 26 heavy (non-hydrogen) atoms. The van der Waals surface area contributed by atoms with E-state index in [1.807, 2.05) is 19.1 Å². The van der Waals surface area contributed by atoms with E-state index in [1.54, 1.807) is 23.1 Å². The molecule has 0 atom stereocenters. The van der Waals surface area contributed by atoms with Gasteiger partial charge >= 0.3 is 0 Å². The number of nitriles is 1. The van der Waals surface area contributed by atoms with Crippen LogP contribution in [0.5, 0.6) is 0 Å². The Hall–Kier alpha value is -1.92. The first kappa shape index (κ1) is 20.4. The number of carbonyl (C=O) groups is 1. The number of carbonyl (C=O) groups excluding carboxylic acids is 1. The summed E-state index contributed by atoms with van der Waals surface area (Å²) < 4.78 is 27.0. The lowest BCUT2D eigenvalue weighted by molar-refractivity contribution is -0.131. The predicted octanol–water partition coefficient (Wildman–Crippen LogP) is 2.94. The van der Waals surface area contributed by atoms with Gasteiger partial charge in [0.1, 0.15) is 6.07 Å². The molecule has 138 valence electrons. The third kappa shape index (κ3) is 4.62. The van der Waals surface area contributed by atoms with E-state index in [0.29, 0.717) is 17.4 Å². The zero-order chi connectivity index (χ0) is 19.3. The van der Waals surface area contributed by atoms with Gasteiger partial charge < -0.3 is 4.90 Å². The molecular formula is C17H18ClN3O3S2. The van der Waals surface area contributed by atoms with Crippen LogP contribution in [0, 0.1) is 11.3 Å². The summed E-state index contributed by atoms with van der Waals surface area (Å²) >= 11 is 7.29. The second kappa shape index (κ2) is 8.64. The van der Waals surface area contributed by atoms with E-state index >= 15 is 0 Å². The summed E-state index contributed by atoms with van der Waals surface area (Å²) in [5.41, 5.74) is 0.0485. The van der Waals surface area contributed by atoms with Crippen LogP contribution in [0.3, 0.4) is 0 Å². The third-order valence-electron chi connectivity index (χ3n) is 3.76. The van der Waals surface area contributed by atoms with E-state index in [-0.39, 0.29) is 22.9 Å². The highest BCUT2D eigenvalue weighted by atomic mass is 35.5. The molecule has 0 fully saturated rings. The van der Waals surface area contributed by atoms with Crippen LogP contribution in [0.1, 0.15) is 17.4 Å².